The van der Waals surface area contributed by atoms with Crippen LogP contribution in [0.25, 0.3) is 0 Å². The molecular formula is C17H27NO2. The molecule has 2 N–H and O–H groups in total. The predicted octanol–water partition coefficient (Wildman–Crippen LogP) is 3.00. The minimum absolute atomic E-state index is 0.0721. The summed E-state index contributed by atoms with van der Waals surface area (Å²) in [4.78, 5) is 0. The first-order valence-electron chi connectivity index (χ1n) is 7.52. The summed E-state index contributed by atoms with van der Waals surface area (Å²) >= 11 is 0. The molecule has 20 heavy (non-hydrogen) atoms. The molecule has 0 aliphatic carbocycles. The van der Waals surface area contributed by atoms with Gasteiger partial charge in [0, 0.05) is 11.1 Å². The molecule has 1 aliphatic heterocycles. The third kappa shape index (κ3) is 3.74. The Hall–Kier alpha value is -1.06. The van der Waals surface area contributed by atoms with E-state index in [0.29, 0.717) is 6.42 Å². The lowest BCUT2D eigenvalue weighted by Gasteiger charge is -2.30. The number of hydrogen-bond donors (Lipinski definition) is 2. The molecule has 0 amide bonds. The normalized spacial score (nSPS) is 18.1. The van der Waals surface area contributed by atoms with Gasteiger partial charge in [-0.15, -0.1) is 0 Å². The molecule has 1 unspecified atom stereocenters. The number of hydrogen-bond acceptors (Lipinski definition) is 3. The molecule has 1 aromatic carbocycles. The number of para-hydroxylation sites is 1. The van der Waals surface area contributed by atoms with Crippen molar-refractivity contribution in [3.8, 4) is 5.75 Å². The van der Waals surface area contributed by atoms with Crippen LogP contribution >= 0.6 is 0 Å². The summed E-state index contributed by atoms with van der Waals surface area (Å²) in [6.07, 6.45) is 2.77. The lowest BCUT2D eigenvalue weighted by molar-refractivity contribution is 0.0426. The van der Waals surface area contributed by atoms with Crippen molar-refractivity contribution in [2.24, 2.45) is 0 Å². The minimum atomic E-state index is -0.860. The minimum Gasteiger partial charge on any atom is -0.493 e. The van der Waals surface area contributed by atoms with Crippen molar-refractivity contribution in [2.75, 3.05) is 13.2 Å². The molecule has 3 nitrogen and oxygen atoms in total. The Kier molecular flexibility index (Phi) is 4.40. The zero-order chi connectivity index (χ0) is 14.8. The third-order valence-corrected chi connectivity index (χ3v) is 3.78. The molecule has 0 aromatic heterocycles. The lowest BCUT2D eigenvalue weighted by Crippen LogP contribution is -2.39. The summed E-state index contributed by atoms with van der Waals surface area (Å²) in [7, 11) is 0. The predicted molar refractivity (Wildman–Crippen MR) is 82.2 cm³/mol. The molecule has 1 heterocycles. The molecule has 3 heteroatoms. The van der Waals surface area contributed by atoms with Gasteiger partial charge in [-0.05, 0) is 59.1 Å². The van der Waals surface area contributed by atoms with E-state index in [1.54, 1.807) is 0 Å². The number of aryl methyl sites for hydroxylation is 1. The quantitative estimate of drug-likeness (QED) is 0.889. The van der Waals surface area contributed by atoms with Crippen LogP contribution in [0.5, 0.6) is 5.75 Å². The van der Waals surface area contributed by atoms with Gasteiger partial charge >= 0.3 is 0 Å². The topological polar surface area (TPSA) is 41.5 Å². The first kappa shape index (κ1) is 15.3. The Morgan fingerprint density at radius 2 is 2.00 bits per heavy atom. The fraction of sp³-hybridized carbons (Fsp3) is 0.647. The summed E-state index contributed by atoms with van der Waals surface area (Å²) in [6, 6.07) is 6.11. The van der Waals surface area contributed by atoms with Crippen molar-refractivity contribution in [1.29, 1.82) is 0 Å². The van der Waals surface area contributed by atoms with Gasteiger partial charge in [0.25, 0.3) is 0 Å². The summed E-state index contributed by atoms with van der Waals surface area (Å²) in [6.45, 7) is 9.81. The maximum Gasteiger partial charge on any atom is 0.128 e. The van der Waals surface area contributed by atoms with E-state index in [9.17, 15) is 5.11 Å². The standard InChI is InChI=1S/C17H27NO2/c1-16(2,3)18-11-10-17(4,19)14-9-5-7-13-8-6-12-20-15(13)14/h5,7,9,18-19H,6,8,10-12H2,1-4H3. The largest absolute Gasteiger partial charge is 0.493 e. The molecule has 1 atom stereocenters. The maximum absolute atomic E-state index is 10.8. The van der Waals surface area contributed by atoms with Crippen molar-refractivity contribution in [1.82, 2.24) is 5.32 Å². The summed E-state index contributed by atoms with van der Waals surface area (Å²) in [5, 5.41) is 14.2. The summed E-state index contributed by atoms with van der Waals surface area (Å²) < 4.78 is 5.81. The molecule has 1 aromatic rings. The van der Waals surface area contributed by atoms with E-state index >= 15 is 0 Å². The van der Waals surface area contributed by atoms with E-state index in [2.05, 4.69) is 32.2 Å². The monoisotopic (exact) mass is 277 g/mol. The second-order valence-corrected chi connectivity index (χ2v) is 6.95. The van der Waals surface area contributed by atoms with Crippen LogP contribution in [-0.2, 0) is 12.0 Å². The van der Waals surface area contributed by atoms with Gasteiger partial charge in [-0.3, -0.25) is 0 Å². The highest BCUT2D eigenvalue weighted by molar-refractivity contribution is 5.45. The molecule has 0 bridgehead atoms. The van der Waals surface area contributed by atoms with Gasteiger partial charge in [0.2, 0.25) is 0 Å². The van der Waals surface area contributed by atoms with Crippen molar-refractivity contribution >= 4 is 0 Å². The molecule has 0 fully saturated rings. The van der Waals surface area contributed by atoms with Crippen molar-refractivity contribution in [3.63, 3.8) is 0 Å². The Bertz CT molecular complexity index is 461. The van der Waals surface area contributed by atoms with Crippen LogP contribution in [0.1, 0.15) is 51.7 Å². The lowest BCUT2D eigenvalue weighted by atomic mass is 9.88. The van der Waals surface area contributed by atoms with Crippen LogP contribution < -0.4 is 10.1 Å². The Morgan fingerprint density at radius 1 is 1.25 bits per heavy atom. The van der Waals surface area contributed by atoms with Crippen LogP contribution in [0, 0.1) is 0 Å². The zero-order valence-corrected chi connectivity index (χ0v) is 13.1. The van der Waals surface area contributed by atoms with Gasteiger partial charge < -0.3 is 15.2 Å². The van der Waals surface area contributed by atoms with Gasteiger partial charge in [-0.1, -0.05) is 18.2 Å². The Labute approximate surface area is 122 Å². The third-order valence-electron chi connectivity index (χ3n) is 3.78. The summed E-state index contributed by atoms with van der Waals surface area (Å²) in [5.41, 5.74) is 1.35. The van der Waals surface area contributed by atoms with Crippen molar-refractivity contribution in [2.45, 2.75) is 58.1 Å². The smallest absolute Gasteiger partial charge is 0.128 e. The SMILES string of the molecule is CC(C)(C)NCCC(C)(O)c1cccc2c1OCCC2. The number of ether oxygens (including phenoxy) is 1. The molecule has 0 radical (unpaired) electrons. The van der Waals surface area contributed by atoms with Crippen LogP contribution in [0.4, 0.5) is 0 Å². The van der Waals surface area contributed by atoms with Gasteiger partial charge in [0.1, 0.15) is 5.75 Å². The zero-order valence-electron chi connectivity index (χ0n) is 13.1. The van der Waals surface area contributed by atoms with Crippen molar-refractivity contribution in [3.05, 3.63) is 29.3 Å². The van der Waals surface area contributed by atoms with E-state index in [4.69, 9.17) is 4.74 Å². The Balaban J connectivity index is 2.13. The van der Waals surface area contributed by atoms with E-state index in [0.717, 1.165) is 37.3 Å². The molecule has 112 valence electrons. The van der Waals surface area contributed by atoms with Crippen LogP contribution in [0.15, 0.2) is 18.2 Å². The first-order valence-corrected chi connectivity index (χ1v) is 7.52. The maximum atomic E-state index is 10.8. The van der Waals surface area contributed by atoms with Crippen molar-refractivity contribution < 1.29 is 9.84 Å². The number of rotatable bonds is 4. The van der Waals surface area contributed by atoms with Crippen LogP contribution in [0.3, 0.4) is 0 Å². The second kappa shape index (κ2) is 5.74. The molecule has 0 spiro atoms. The fourth-order valence-electron chi connectivity index (χ4n) is 2.63. The van der Waals surface area contributed by atoms with Crippen LogP contribution in [-0.4, -0.2) is 23.8 Å². The highest BCUT2D eigenvalue weighted by atomic mass is 16.5. The van der Waals surface area contributed by atoms with E-state index < -0.39 is 5.60 Å². The second-order valence-electron chi connectivity index (χ2n) is 6.95. The molecular weight excluding hydrogens is 250 g/mol. The average molecular weight is 277 g/mol. The average Bonchev–Trinajstić information content (AvgIpc) is 2.36. The van der Waals surface area contributed by atoms with Gasteiger partial charge in [-0.25, -0.2) is 0 Å². The number of fused-ring (bicyclic) bond motifs is 1. The molecule has 0 saturated carbocycles. The molecule has 0 saturated heterocycles. The highest BCUT2D eigenvalue weighted by Gasteiger charge is 2.29. The van der Waals surface area contributed by atoms with E-state index in [-0.39, 0.29) is 5.54 Å². The fourth-order valence-corrected chi connectivity index (χ4v) is 2.63. The first-order chi connectivity index (χ1) is 9.30. The van der Waals surface area contributed by atoms with Gasteiger partial charge in [0.05, 0.1) is 12.2 Å². The molecule has 2 rings (SSSR count). The highest BCUT2D eigenvalue weighted by Crippen LogP contribution is 2.37. The van der Waals surface area contributed by atoms with Crippen LogP contribution in [0.2, 0.25) is 0 Å². The molecule has 1 aliphatic rings. The Morgan fingerprint density at radius 3 is 2.70 bits per heavy atom. The van der Waals surface area contributed by atoms with Gasteiger partial charge in [0.15, 0.2) is 0 Å². The van der Waals surface area contributed by atoms with E-state index in [1.807, 2.05) is 19.1 Å². The number of aliphatic hydroxyl groups is 1. The van der Waals surface area contributed by atoms with E-state index in [1.165, 1.54) is 5.56 Å². The van der Waals surface area contributed by atoms with Gasteiger partial charge in [-0.2, -0.15) is 0 Å². The number of nitrogens with one attached hydrogen (secondary N) is 1. The number of benzene rings is 1. The summed E-state index contributed by atoms with van der Waals surface area (Å²) in [5.74, 6) is 0.902.